The van der Waals surface area contributed by atoms with Crippen molar-refractivity contribution in [3.8, 4) is 6.07 Å². The Balaban J connectivity index is 2.18. The molecule has 2 rings (SSSR count). The zero-order valence-corrected chi connectivity index (χ0v) is 17.1. The van der Waals surface area contributed by atoms with Crippen LogP contribution in [0.3, 0.4) is 0 Å². The monoisotopic (exact) mass is 479 g/mol. The van der Waals surface area contributed by atoms with Crippen molar-refractivity contribution in [2.45, 2.75) is 11.3 Å². The van der Waals surface area contributed by atoms with E-state index in [4.69, 9.17) is 10.00 Å². The van der Waals surface area contributed by atoms with Crippen molar-refractivity contribution < 1.29 is 13.2 Å². The third-order valence-electron chi connectivity index (χ3n) is 3.75. The van der Waals surface area contributed by atoms with E-state index in [1.54, 1.807) is 18.2 Å². The topological polar surface area (TPSA) is 73.6 Å². The van der Waals surface area contributed by atoms with Crippen molar-refractivity contribution in [2.75, 3.05) is 45.9 Å². The van der Waals surface area contributed by atoms with E-state index in [2.05, 4.69) is 36.8 Å². The van der Waals surface area contributed by atoms with Crippen molar-refractivity contribution in [1.29, 1.82) is 5.26 Å². The summed E-state index contributed by atoms with van der Waals surface area (Å²) in [4.78, 5) is 2.38. The fraction of sp³-hybridized carbons (Fsp3) is 0.533. The minimum absolute atomic E-state index is 0.161. The molecule has 0 atom stereocenters. The molecule has 1 aliphatic rings. The van der Waals surface area contributed by atoms with Gasteiger partial charge in [-0.25, -0.2) is 8.42 Å². The van der Waals surface area contributed by atoms with Gasteiger partial charge >= 0.3 is 0 Å². The summed E-state index contributed by atoms with van der Waals surface area (Å²) in [6.45, 7) is 4.09. The maximum Gasteiger partial charge on any atom is 0.244 e. The zero-order chi connectivity index (χ0) is 17.6. The first-order valence-corrected chi connectivity index (χ1v) is 10.6. The molecule has 1 aromatic rings. The lowest BCUT2D eigenvalue weighted by molar-refractivity contribution is 0.0363. The number of nitriles is 1. The molecule has 0 saturated carbocycles. The number of halogens is 2. The summed E-state index contributed by atoms with van der Waals surface area (Å²) in [7, 11) is -3.68. The molecule has 0 spiro atoms. The molecule has 132 valence electrons. The van der Waals surface area contributed by atoms with E-state index in [0.717, 1.165) is 13.1 Å². The van der Waals surface area contributed by atoms with Crippen LogP contribution in [0.15, 0.2) is 32.0 Å². The average molecular weight is 481 g/mol. The number of hydrogen-bond acceptors (Lipinski definition) is 5. The van der Waals surface area contributed by atoms with Gasteiger partial charge < -0.3 is 4.74 Å². The third kappa shape index (κ3) is 5.25. The molecule has 9 heteroatoms. The summed E-state index contributed by atoms with van der Waals surface area (Å²) in [6, 6.07) is 7.07. The predicted octanol–water partition coefficient (Wildman–Crippen LogP) is 2.45. The van der Waals surface area contributed by atoms with Crippen molar-refractivity contribution in [3.63, 3.8) is 0 Å². The average Bonchev–Trinajstić information content (AvgIpc) is 2.57. The van der Waals surface area contributed by atoms with Crippen LogP contribution < -0.4 is 0 Å². The van der Waals surface area contributed by atoms with Crippen LogP contribution in [0.4, 0.5) is 0 Å². The first-order valence-electron chi connectivity index (χ1n) is 7.57. The van der Waals surface area contributed by atoms with Crippen molar-refractivity contribution in [2.24, 2.45) is 0 Å². The van der Waals surface area contributed by atoms with Crippen molar-refractivity contribution in [1.82, 2.24) is 9.21 Å². The maximum absolute atomic E-state index is 13.0. The van der Waals surface area contributed by atoms with Crippen LogP contribution in [-0.4, -0.2) is 63.6 Å². The SMILES string of the molecule is N#CCCN(CCN1CCOCC1)S(=O)(=O)c1cc(Br)ccc1Br. The number of ether oxygens (including phenoxy) is 1. The summed E-state index contributed by atoms with van der Waals surface area (Å²) in [5.74, 6) is 0. The quantitative estimate of drug-likeness (QED) is 0.599. The van der Waals surface area contributed by atoms with Gasteiger partial charge in [0.2, 0.25) is 10.0 Å². The predicted molar refractivity (Wildman–Crippen MR) is 98.1 cm³/mol. The molecule has 1 fully saturated rings. The first kappa shape index (κ1) is 19.8. The Hall–Kier alpha value is -0.500. The molecule has 0 radical (unpaired) electrons. The van der Waals surface area contributed by atoms with Crippen molar-refractivity contribution >= 4 is 41.9 Å². The summed E-state index contributed by atoms with van der Waals surface area (Å²) in [5, 5.41) is 8.85. The van der Waals surface area contributed by atoms with E-state index in [1.807, 2.05) is 6.07 Å². The smallest absolute Gasteiger partial charge is 0.244 e. The Morgan fingerprint density at radius 1 is 1.25 bits per heavy atom. The molecule has 0 unspecified atom stereocenters. The minimum atomic E-state index is -3.68. The lowest BCUT2D eigenvalue weighted by Crippen LogP contribution is -2.43. The van der Waals surface area contributed by atoms with Gasteiger partial charge in [-0.3, -0.25) is 4.90 Å². The van der Waals surface area contributed by atoms with Crippen molar-refractivity contribution in [3.05, 3.63) is 27.1 Å². The molecule has 1 aliphatic heterocycles. The van der Waals surface area contributed by atoms with Gasteiger partial charge in [0.25, 0.3) is 0 Å². The summed E-state index contributed by atoms with van der Waals surface area (Å²) >= 11 is 6.63. The molecular weight excluding hydrogens is 462 g/mol. The molecule has 1 heterocycles. The third-order valence-corrected chi connectivity index (χ3v) is 7.14. The van der Waals surface area contributed by atoms with E-state index in [1.165, 1.54) is 4.31 Å². The van der Waals surface area contributed by atoms with Gasteiger partial charge in [-0.05, 0) is 34.1 Å². The van der Waals surface area contributed by atoms with Crippen LogP contribution in [0, 0.1) is 11.3 Å². The van der Waals surface area contributed by atoms with Crippen LogP contribution in [0.2, 0.25) is 0 Å². The summed E-state index contributed by atoms with van der Waals surface area (Å²) < 4.78 is 33.9. The Kier molecular flexibility index (Phi) is 7.65. The lowest BCUT2D eigenvalue weighted by atomic mass is 10.4. The zero-order valence-electron chi connectivity index (χ0n) is 13.1. The molecule has 24 heavy (non-hydrogen) atoms. The van der Waals surface area contributed by atoms with Gasteiger partial charge in [0.1, 0.15) is 0 Å². The van der Waals surface area contributed by atoms with Gasteiger partial charge in [0.15, 0.2) is 0 Å². The van der Waals surface area contributed by atoms with E-state index < -0.39 is 10.0 Å². The highest BCUT2D eigenvalue weighted by atomic mass is 79.9. The molecule has 1 saturated heterocycles. The number of sulfonamides is 1. The largest absolute Gasteiger partial charge is 0.379 e. The van der Waals surface area contributed by atoms with Gasteiger partial charge in [0, 0.05) is 48.1 Å². The van der Waals surface area contributed by atoms with Gasteiger partial charge in [-0.15, -0.1) is 0 Å². The van der Waals surface area contributed by atoms with Gasteiger partial charge in [-0.1, -0.05) is 15.9 Å². The highest BCUT2D eigenvalue weighted by Crippen LogP contribution is 2.28. The second-order valence-corrected chi connectivity index (χ2v) is 9.02. The molecule has 0 amide bonds. The Labute approximate surface area is 159 Å². The normalized spacial score (nSPS) is 16.2. The molecule has 6 nitrogen and oxygen atoms in total. The number of nitrogens with zero attached hydrogens (tertiary/aromatic N) is 3. The molecule has 0 bridgehead atoms. The number of benzene rings is 1. The standard InChI is InChI=1S/C15H19Br2N3O3S/c16-13-2-3-14(17)15(12-13)24(21,22)20(5-1-4-18)7-6-19-8-10-23-11-9-19/h2-3,12H,1,5-11H2. The highest BCUT2D eigenvalue weighted by molar-refractivity contribution is 9.11. The van der Waals surface area contributed by atoms with E-state index in [9.17, 15) is 8.42 Å². The first-order chi connectivity index (χ1) is 11.4. The second kappa shape index (κ2) is 9.27. The van der Waals surface area contributed by atoms with Crippen LogP contribution in [-0.2, 0) is 14.8 Å². The van der Waals surface area contributed by atoms with Crippen LogP contribution in [0.1, 0.15) is 6.42 Å². The molecule has 0 N–H and O–H groups in total. The summed E-state index contributed by atoms with van der Waals surface area (Å²) in [6.07, 6.45) is 0.161. The fourth-order valence-electron chi connectivity index (χ4n) is 2.42. The molecular formula is C15H19Br2N3O3S. The van der Waals surface area contributed by atoms with Gasteiger partial charge in [-0.2, -0.15) is 9.57 Å². The molecule has 0 aromatic heterocycles. The highest BCUT2D eigenvalue weighted by Gasteiger charge is 2.27. The maximum atomic E-state index is 13.0. The van der Waals surface area contributed by atoms with E-state index >= 15 is 0 Å². The van der Waals surface area contributed by atoms with Crippen LogP contribution in [0.25, 0.3) is 0 Å². The minimum Gasteiger partial charge on any atom is -0.379 e. The number of hydrogen-bond donors (Lipinski definition) is 0. The summed E-state index contributed by atoms with van der Waals surface area (Å²) in [5.41, 5.74) is 0. The fourth-order valence-corrected chi connectivity index (χ4v) is 5.31. The van der Waals surface area contributed by atoms with Gasteiger partial charge in [0.05, 0.1) is 24.2 Å². The molecule has 0 aliphatic carbocycles. The Morgan fingerprint density at radius 3 is 2.62 bits per heavy atom. The lowest BCUT2D eigenvalue weighted by Gasteiger charge is -2.29. The Morgan fingerprint density at radius 2 is 1.96 bits per heavy atom. The number of morpholine rings is 1. The van der Waals surface area contributed by atoms with E-state index in [0.29, 0.717) is 35.2 Å². The van der Waals surface area contributed by atoms with Crippen LogP contribution >= 0.6 is 31.9 Å². The van der Waals surface area contributed by atoms with E-state index in [-0.39, 0.29) is 17.9 Å². The number of rotatable bonds is 7. The molecule has 1 aromatic carbocycles. The van der Waals surface area contributed by atoms with Crippen LogP contribution in [0.5, 0.6) is 0 Å². The Bertz CT molecular complexity index is 700. The second-order valence-electron chi connectivity index (χ2n) is 5.34.